The van der Waals surface area contributed by atoms with Crippen molar-refractivity contribution >= 4 is 11.4 Å². The van der Waals surface area contributed by atoms with E-state index in [2.05, 4.69) is 92.5 Å². The molecule has 0 fully saturated rings. The molecule has 0 radical (unpaired) electrons. The molecular formula is C32H38N2. The molecule has 0 aliphatic rings. The molecule has 2 nitrogen and oxygen atoms in total. The average molecular weight is 451 g/mol. The molecule has 176 valence electrons. The Morgan fingerprint density at radius 3 is 2.03 bits per heavy atom. The van der Waals surface area contributed by atoms with E-state index in [1.165, 1.54) is 23.1 Å². The third-order valence-corrected chi connectivity index (χ3v) is 5.25. The second-order valence-electron chi connectivity index (χ2n) is 7.96. The molecule has 0 heterocycles. The molecule has 3 aromatic rings. The zero-order chi connectivity index (χ0) is 24.4. The lowest BCUT2D eigenvalue weighted by Crippen LogP contribution is -1.98. The van der Waals surface area contributed by atoms with E-state index >= 15 is 0 Å². The average Bonchev–Trinajstić information content (AvgIpc) is 2.88. The predicted molar refractivity (Wildman–Crippen MR) is 150 cm³/mol. The molecule has 0 aliphatic carbocycles. The number of benzene rings is 3. The second kappa shape index (κ2) is 16.0. The SMILES string of the molecule is CCC/C=C\C=C(/N)c1ccccc1.CCN=C(/C=C\Cc1ccccc1C)c1ccccc1. The molecule has 0 bridgehead atoms. The van der Waals surface area contributed by atoms with Crippen LogP contribution in [0.2, 0.25) is 0 Å². The van der Waals surface area contributed by atoms with Crippen LogP contribution in [-0.4, -0.2) is 12.3 Å². The van der Waals surface area contributed by atoms with E-state index in [0.29, 0.717) is 0 Å². The number of hydrogen-bond acceptors (Lipinski definition) is 2. The highest BCUT2D eigenvalue weighted by molar-refractivity contribution is 6.08. The van der Waals surface area contributed by atoms with Crippen LogP contribution < -0.4 is 5.73 Å². The maximum Gasteiger partial charge on any atom is 0.0643 e. The van der Waals surface area contributed by atoms with Gasteiger partial charge < -0.3 is 5.73 Å². The van der Waals surface area contributed by atoms with Crippen LogP contribution >= 0.6 is 0 Å². The summed E-state index contributed by atoms with van der Waals surface area (Å²) in [6, 6.07) is 28.8. The predicted octanol–water partition coefficient (Wildman–Crippen LogP) is 7.95. The van der Waals surface area contributed by atoms with Gasteiger partial charge in [-0.2, -0.15) is 0 Å². The zero-order valence-corrected chi connectivity index (χ0v) is 20.8. The maximum atomic E-state index is 5.89. The van der Waals surface area contributed by atoms with Gasteiger partial charge in [0.15, 0.2) is 0 Å². The molecule has 3 aromatic carbocycles. The fourth-order valence-electron chi connectivity index (χ4n) is 3.32. The number of aryl methyl sites for hydroxylation is 1. The lowest BCUT2D eigenvalue weighted by Gasteiger charge is -2.03. The number of allylic oxidation sites excluding steroid dienone is 5. The molecule has 0 aliphatic heterocycles. The Hall–Kier alpha value is -3.65. The second-order valence-corrected chi connectivity index (χ2v) is 7.96. The van der Waals surface area contributed by atoms with Gasteiger partial charge in [0, 0.05) is 12.2 Å². The maximum absolute atomic E-state index is 5.89. The fourth-order valence-corrected chi connectivity index (χ4v) is 3.32. The van der Waals surface area contributed by atoms with Crippen molar-refractivity contribution in [3.63, 3.8) is 0 Å². The Morgan fingerprint density at radius 1 is 0.794 bits per heavy atom. The summed E-state index contributed by atoms with van der Waals surface area (Å²) in [5, 5.41) is 0. The van der Waals surface area contributed by atoms with Crippen molar-refractivity contribution in [2.75, 3.05) is 6.54 Å². The van der Waals surface area contributed by atoms with E-state index in [0.717, 1.165) is 36.4 Å². The molecule has 0 spiro atoms. The van der Waals surface area contributed by atoms with E-state index in [9.17, 15) is 0 Å². The topological polar surface area (TPSA) is 38.4 Å². The van der Waals surface area contributed by atoms with E-state index in [1.807, 2.05) is 48.6 Å². The van der Waals surface area contributed by atoms with E-state index < -0.39 is 0 Å². The standard InChI is InChI=1S/C19H21N.C13H17N/c1-3-20-19(18-12-5-4-6-13-18)15-9-14-17-11-8-7-10-16(17)2;1-2-3-4-8-11-13(14)12-9-6-5-7-10-12/h4-13,15H,3,14H2,1-2H3;4-11H,2-3,14H2,1H3/b15-9-,20-19?;8-4-,13-11-. The first-order valence-corrected chi connectivity index (χ1v) is 12.1. The van der Waals surface area contributed by atoms with Crippen molar-refractivity contribution in [3.05, 3.63) is 138 Å². The summed E-state index contributed by atoms with van der Waals surface area (Å²) in [5.41, 5.74) is 12.7. The summed E-state index contributed by atoms with van der Waals surface area (Å²) in [4.78, 5) is 4.58. The molecule has 0 atom stereocenters. The van der Waals surface area contributed by atoms with Crippen molar-refractivity contribution < 1.29 is 0 Å². The van der Waals surface area contributed by atoms with Crippen LogP contribution in [0.3, 0.4) is 0 Å². The van der Waals surface area contributed by atoms with E-state index in [1.54, 1.807) is 0 Å². The molecule has 0 aromatic heterocycles. The van der Waals surface area contributed by atoms with Crippen LogP contribution in [0.4, 0.5) is 0 Å². The first kappa shape index (κ1) is 26.6. The Morgan fingerprint density at radius 2 is 1.41 bits per heavy atom. The summed E-state index contributed by atoms with van der Waals surface area (Å²) >= 11 is 0. The van der Waals surface area contributed by atoms with Crippen LogP contribution in [0, 0.1) is 6.92 Å². The monoisotopic (exact) mass is 450 g/mol. The quantitative estimate of drug-likeness (QED) is 0.261. The van der Waals surface area contributed by atoms with Crippen molar-refractivity contribution in [3.8, 4) is 0 Å². The minimum atomic E-state index is 0.804. The largest absolute Gasteiger partial charge is 0.398 e. The van der Waals surface area contributed by atoms with Gasteiger partial charge in [-0.1, -0.05) is 117 Å². The lowest BCUT2D eigenvalue weighted by atomic mass is 10.0. The first-order chi connectivity index (χ1) is 16.7. The van der Waals surface area contributed by atoms with Crippen molar-refractivity contribution in [1.82, 2.24) is 0 Å². The van der Waals surface area contributed by atoms with Crippen molar-refractivity contribution in [2.24, 2.45) is 10.7 Å². The molecule has 34 heavy (non-hydrogen) atoms. The van der Waals surface area contributed by atoms with Crippen LogP contribution in [0.25, 0.3) is 5.70 Å². The molecule has 0 amide bonds. The number of nitrogens with two attached hydrogens (primary N) is 1. The van der Waals surface area contributed by atoms with Gasteiger partial charge in [-0.05, 0) is 61.1 Å². The Kier molecular flexibility index (Phi) is 12.5. The Labute approximate surface area is 206 Å². The minimum absolute atomic E-state index is 0.804. The lowest BCUT2D eigenvalue weighted by molar-refractivity contribution is 0.959. The Balaban J connectivity index is 0.000000257. The molecule has 2 heteroatoms. The van der Waals surface area contributed by atoms with Crippen LogP contribution in [-0.2, 0) is 6.42 Å². The van der Waals surface area contributed by atoms with Crippen molar-refractivity contribution in [2.45, 2.75) is 40.0 Å². The zero-order valence-electron chi connectivity index (χ0n) is 20.8. The summed E-state index contributed by atoms with van der Waals surface area (Å²) in [5.74, 6) is 0. The third kappa shape index (κ3) is 9.87. The van der Waals surface area contributed by atoms with Gasteiger partial charge in [0.05, 0.1) is 5.71 Å². The normalized spacial score (nSPS) is 12.1. The highest BCUT2D eigenvalue weighted by Gasteiger charge is 1.98. The van der Waals surface area contributed by atoms with Gasteiger partial charge in [-0.15, -0.1) is 0 Å². The number of nitrogens with zero attached hydrogens (tertiary/aromatic N) is 1. The van der Waals surface area contributed by atoms with E-state index in [-0.39, 0.29) is 0 Å². The van der Waals surface area contributed by atoms with E-state index in [4.69, 9.17) is 5.73 Å². The first-order valence-electron chi connectivity index (χ1n) is 12.1. The summed E-state index contributed by atoms with van der Waals surface area (Å²) in [6.45, 7) is 7.19. The smallest absolute Gasteiger partial charge is 0.0643 e. The molecule has 3 rings (SSSR count). The van der Waals surface area contributed by atoms with Crippen molar-refractivity contribution in [1.29, 1.82) is 0 Å². The van der Waals surface area contributed by atoms with Gasteiger partial charge >= 0.3 is 0 Å². The van der Waals surface area contributed by atoms with Crippen LogP contribution in [0.15, 0.2) is 120 Å². The summed E-state index contributed by atoms with van der Waals surface area (Å²) in [6.07, 6.45) is 13.7. The van der Waals surface area contributed by atoms with Crippen LogP contribution in [0.1, 0.15) is 48.9 Å². The molecule has 0 unspecified atom stereocenters. The molecular weight excluding hydrogens is 412 g/mol. The van der Waals surface area contributed by atoms with Gasteiger partial charge in [-0.25, -0.2) is 0 Å². The summed E-state index contributed by atoms with van der Waals surface area (Å²) in [7, 11) is 0. The number of unbranched alkanes of at least 4 members (excludes halogenated alkanes) is 1. The van der Waals surface area contributed by atoms with Gasteiger partial charge in [-0.3, -0.25) is 4.99 Å². The molecule has 0 saturated heterocycles. The fraction of sp³-hybridized carbons (Fsp3) is 0.219. The Bertz CT molecular complexity index is 1070. The molecule has 0 saturated carbocycles. The summed E-state index contributed by atoms with van der Waals surface area (Å²) < 4.78 is 0. The third-order valence-electron chi connectivity index (χ3n) is 5.25. The van der Waals surface area contributed by atoms with Crippen LogP contribution in [0.5, 0.6) is 0 Å². The van der Waals surface area contributed by atoms with Gasteiger partial charge in [0.2, 0.25) is 0 Å². The molecule has 2 N–H and O–H groups in total. The van der Waals surface area contributed by atoms with Gasteiger partial charge in [0.1, 0.15) is 0 Å². The number of aliphatic imine (C=N–C) groups is 1. The van der Waals surface area contributed by atoms with Gasteiger partial charge in [0.25, 0.3) is 0 Å². The minimum Gasteiger partial charge on any atom is -0.398 e. The number of rotatable bonds is 9. The highest BCUT2D eigenvalue weighted by Crippen LogP contribution is 2.10. The highest BCUT2D eigenvalue weighted by atomic mass is 14.7. The number of hydrogen-bond donors (Lipinski definition) is 1.